The van der Waals surface area contributed by atoms with Crippen LogP contribution >= 0.6 is 0 Å². The van der Waals surface area contributed by atoms with Crippen LogP contribution in [-0.4, -0.2) is 35.8 Å². The number of nitriles is 1. The van der Waals surface area contributed by atoms with Crippen molar-refractivity contribution in [2.24, 2.45) is 0 Å². The number of rotatable bonds is 6. The molecule has 2 aromatic heterocycles. The first-order chi connectivity index (χ1) is 14.1. The molecule has 1 saturated heterocycles. The molecule has 9 heteroatoms. The van der Waals surface area contributed by atoms with Gasteiger partial charge in [-0.3, -0.25) is 4.98 Å². The topological polar surface area (TPSA) is 112 Å². The molecule has 1 aromatic carbocycles. The van der Waals surface area contributed by atoms with Gasteiger partial charge in [-0.25, -0.2) is 8.42 Å². The van der Waals surface area contributed by atoms with Crippen LogP contribution in [0.3, 0.4) is 0 Å². The Balaban J connectivity index is 1.54. The van der Waals surface area contributed by atoms with E-state index in [1.807, 2.05) is 18.2 Å². The molecule has 0 radical (unpaired) electrons. The minimum absolute atomic E-state index is 0.137. The van der Waals surface area contributed by atoms with Crippen LogP contribution in [0, 0.1) is 11.3 Å². The first kappa shape index (κ1) is 19.1. The van der Waals surface area contributed by atoms with Gasteiger partial charge in [-0.2, -0.15) is 14.6 Å². The lowest BCUT2D eigenvalue weighted by Crippen LogP contribution is -2.27. The molecule has 0 amide bonds. The average Bonchev–Trinajstić information content (AvgIpc) is 3.43. The SMILES string of the molecule is N#Cc1nc(-c2ccc(S(=O)(=O)N3CCCC3)cc2)oc1NCc1cccnc1. The summed E-state index contributed by atoms with van der Waals surface area (Å²) >= 11 is 0. The molecule has 3 heterocycles. The zero-order valence-electron chi connectivity index (χ0n) is 15.6. The number of nitrogens with one attached hydrogen (secondary N) is 1. The van der Waals surface area contributed by atoms with Crippen LogP contribution in [0.25, 0.3) is 11.5 Å². The van der Waals surface area contributed by atoms with E-state index in [1.54, 1.807) is 36.7 Å². The number of nitrogens with zero attached hydrogens (tertiary/aromatic N) is 4. The minimum atomic E-state index is -3.47. The summed E-state index contributed by atoms with van der Waals surface area (Å²) in [4.78, 5) is 8.50. The van der Waals surface area contributed by atoms with Gasteiger partial charge >= 0.3 is 0 Å². The standard InChI is InChI=1S/C20H19N5O3S/c21-12-18-20(23-14-15-4-3-9-22-13-15)28-19(24-18)16-5-7-17(8-6-16)29(26,27)25-10-1-2-11-25/h3-9,13,23H,1-2,10-11,14H2. The van der Waals surface area contributed by atoms with Crippen LogP contribution in [0.1, 0.15) is 24.1 Å². The van der Waals surface area contributed by atoms with Crippen molar-refractivity contribution in [1.82, 2.24) is 14.3 Å². The molecule has 29 heavy (non-hydrogen) atoms. The number of oxazole rings is 1. The highest BCUT2D eigenvalue weighted by Crippen LogP contribution is 2.28. The summed E-state index contributed by atoms with van der Waals surface area (Å²) < 4.78 is 32.5. The third-order valence-corrected chi connectivity index (χ3v) is 6.63. The molecule has 0 atom stereocenters. The summed E-state index contributed by atoms with van der Waals surface area (Å²) in [5.74, 6) is 0.514. The Morgan fingerprint density at radius 1 is 1.17 bits per heavy atom. The fraction of sp³-hybridized carbons (Fsp3) is 0.250. The Bertz CT molecular complexity index is 1130. The first-order valence-corrected chi connectivity index (χ1v) is 10.7. The van der Waals surface area contributed by atoms with E-state index in [9.17, 15) is 13.7 Å². The predicted octanol–water partition coefficient (Wildman–Crippen LogP) is 3.00. The fourth-order valence-corrected chi connectivity index (χ4v) is 4.69. The van der Waals surface area contributed by atoms with Crippen LogP contribution in [-0.2, 0) is 16.6 Å². The van der Waals surface area contributed by atoms with E-state index >= 15 is 0 Å². The third kappa shape index (κ3) is 3.99. The van der Waals surface area contributed by atoms with E-state index in [0.29, 0.717) is 25.2 Å². The zero-order valence-corrected chi connectivity index (χ0v) is 16.4. The van der Waals surface area contributed by atoms with Crippen molar-refractivity contribution < 1.29 is 12.8 Å². The monoisotopic (exact) mass is 409 g/mol. The maximum atomic E-state index is 12.6. The third-order valence-electron chi connectivity index (χ3n) is 4.71. The molecule has 8 nitrogen and oxygen atoms in total. The van der Waals surface area contributed by atoms with Crippen LogP contribution in [0.2, 0.25) is 0 Å². The molecule has 4 rings (SSSR count). The van der Waals surface area contributed by atoms with Gasteiger partial charge < -0.3 is 9.73 Å². The summed E-state index contributed by atoms with van der Waals surface area (Å²) in [6.07, 6.45) is 5.18. The molecule has 1 N–H and O–H groups in total. The molecule has 1 aliphatic rings. The molecule has 1 fully saturated rings. The highest BCUT2D eigenvalue weighted by molar-refractivity contribution is 7.89. The quantitative estimate of drug-likeness (QED) is 0.666. The molecule has 1 aliphatic heterocycles. The van der Waals surface area contributed by atoms with E-state index < -0.39 is 10.0 Å². The summed E-state index contributed by atoms with van der Waals surface area (Å²) in [5.41, 5.74) is 1.67. The molecule has 3 aromatic rings. The van der Waals surface area contributed by atoms with Crippen LogP contribution in [0.5, 0.6) is 0 Å². The van der Waals surface area contributed by atoms with Gasteiger partial charge in [0.1, 0.15) is 6.07 Å². The zero-order chi connectivity index (χ0) is 20.3. The van der Waals surface area contributed by atoms with Crippen molar-refractivity contribution in [1.29, 1.82) is 5.26 Å². The average molecular weight is 409 g/mol. The molecule has 0 spiro atoms. The van der Waals surface area contributed by atoms with Gasteiger partial charge in [0, 0.05) is 37.6 Å². The Hall–Kier alpha value is -3.22. The maximum Gasteiger partial charge on any atom is 0.243 e. The predicted molar refractivity (Wildman–Crippen MR) is 106 cm³/mol. The summed E-state index contributed by atoms with van der Waals surface area (Å²) in [7, 11) is -3.47. The van der Waals surface area contributed by atoms with Crippen molar-refractivity contribution >= 4 is 15.9 Å². The molecular weight excluding hydrogens is 390 g/mol. The molecule has 0 saturated carbocycles. The Labute approximate surface area is 168 Å². The number of anilines is 1. The number of sulfonamides is 1. The second kappa shape index (κ2) is 8.03. The van der Waals surface area contributed by atoms with E-state index in [2.05, 4.69) is 15.3 Å². The summed E-state index contributed by atoms with van der Waals surface area (Å²) in [6.45, 7) is 1.55. The second-order valence-corrected chi connectivity index (χ2v) is 8.60. The van der Waals surface area contributed by atoms with Crippen LogP contribution in [0.15, 0.2) is 58.1 Å². The van der Waals surface area contributed by atoms with E-state index in [1.165, 1.54) is 4.31 Å². The second-order valence-electron chi connectivity index (χ2n) is 6.66. The van der Waals surface area contributed by atoms with Crippen molar-refractivity contribution in [2.75, 3.05) is 18.4 Å². The van der Waals surface area contributed by atoms with Gasteiger partial charge in [-0.15, -0.1) is 0 Å². The van der Waals surface area contributed by atoms with E-state index in [-0.39, 0.29) is 22.4 Å². The smallest absolute Gasteiger partial charge is 0.243 e. The lowest BCUT2D eigenvalue weighted by atomic mass is 10.2. The highest BCUT2D eigenvalue weighted by atomic mass is 32.2. The molecule has 0 bridgehead atoms. The van der Waals surface area contributed by atoms with Crippen LogP contribution < -0.4 is 5.32 Å². The minimum Gasteiger partial charge on any atom is -0.419 e. The van der Waals surface area contributed by atoms with Crippen molar-refractivity contribution in [3.63, 3.8) is 0 Å². The lowest BCUT2D eigenvalue weighted by Gasteiger charge is -2.15. The number of hydrogen-bond donors (Lipinski definition) is 1. The Kier molecular flexibility index (Phi) is 5.29. The van der Waals surface area contributed by atoms with Gasteiger partial charge in [-0.1, -0.05) is 6.07 Å². The number of benzene rings is 1. The van der Waals surface area contributed by atoms with Crippen molar-refractivity contribution in [2.45, 2.75) is 24.3 Å². The van der Waals surface area contributed by atoms with Crippen molar-refractivity contribution in [3.05, 3.63) is 60.0 Å². The van der Waals surface area contributed by atoms with Gasteiger partial charge in [0.05, 0.1) is 4.90 Å². The van der Waals surface area contributed by atoms with Crippen LogP contribution in [0.4, 0.5) is 5.88 Å². The maximum absolute atomic E-state index is 12.6. The van der Waals surface area contributed by atoms with E-state index in [0.717, 1.165) is 18.4 Å². The number of hydrogen-bond acceptors (Lipinski definition) is 7. The van der Waals surface area contributed by atoms with Crippen molar-refractivity contribution in [3.8, 4) is 17.5 Å². The van der Waals surface area contributed by atoms with Gasteiger partial charge in [0.15, 0.2) is 0 Å². The van der Waals surface area contributed by atoms with Gasteiger partial charge in [-0.05, 0) is 48.7 Å². The summed E-state index contributed by atoms with van der Waals surface area (Å²) in [5, 5.41) is 12.4. The lowest BCUT2D eigenvalue weighted by molar-refractivity contribution is 0.477. The Morgan fingerprint density at radius 2 is 1.93 bits per heavy atom. The van der Waals surface area contributed by atoms with E-state index in [4.69, 9.17) is 4.42 Å². The molecule has 0 aliphatic carbocycles. The van der Waals surface area contributed by atoms with Gasteiger partial charge in [0.2, 0.25) is 27.5 Å². The van der Waals surface area contributed by atoms with Gasteiger partial charge in [0.25, 0.3) is 0 Å². The Morgan fingerprint density at radius 3 is 2.59 bits per heavy atom. The fourth-order valence-electron chi connectivity index (χ4n) is 3.17. The number of aromatic nitrogens is 2. The highest BCUT2D eigenvalue weighted by Gasteiger charge is 2.27. The number of pyridine rings is 1. The molecular formula is C20H19N5O3S. The largest absolute Gasteiger partial charge is 0.419 e. The summed E-state index contributed by atoms with van der Waals surface area (Å²) in [6, 6.07) is 12.1. The first-order valence-electron chi connectivity index (χ1n) is 9.22. The molecule has 0 unspecified atom stereocenters. The molecule has 148 valence electrons. The normalized spacial score (nSPS) is 14.6.